The van der Waals surface area contributed by atoms with E-state index >= 15 is 0 Å². The molecule has 0 atom stereocenters. The maximum Gasteiger partial charge on any atom is 0.262 e. The molecule has 2 aromatic rings. The number of para-hydroxylation sites is 1. The number of ether oxygens (including phenoxy) is 1. The van der Waals surface area contributed by atoms with Crippen LogP contribution in [0.15, 0.2) is 36.4 Å². The van der Waals surface area contributed by atoms with Gasteiger partial charge in [0.1, 0.15) is 0 Å². The lowest BCUT2D eigenvalue weighted by Gasteiger charge is -2.09. The zero-order valence-corrected chi connectivity index (χ0v) is 12.1. The van der Waals surface area contributed by atoms with Gasteiger partial charge in [-0.1, -0.05) is 24.3 Å². The molecule has 0 aliphatic heterocycles. The van der Waals surface area contributed by atoms with Crippen molar-refractivity contribution in [3.05, 3.63) is 53.2 Å². The van der Waals surface area contributed by atoms with Crippen molar-refractivity contribution in [2.75, 3.05) is 11.9 Å². The third-order valence-corrected chi connectivity index (χ3v) is 3.67. The quantitative estimate of drug-likeness (QED) is 0.938. The number of nitrogens with zero attached hydrogens (tertiary/aromatic N) is 1. The average Bonchev–Trinajstić information content (AvgIpc) is 2.95. The van der Waals surface area contributed by atoms with Crippen LogP contribution in [0, 0.1) is 6.92 Å². The van der Waals surface area contributed by atoms with Crippen LogP contribution in [0.4, 0.5) is 5.69 Å². The van der Waals surface area contributed by atoms with E-state index in [0.29, 0.717) is 5.88 Å². The summed E-state index contributed by atoms with van der Waals surface area (Å²) in [6.07, 6.45) is 3.25. The molecule has 0 unspecified atom stereocenters. The Balaban J connectivity index is 1.58. The van der Waals surface area contributed by atoms with E-state index in [9.17, 15) is 4.79 Å². The number of carbonyl (C=O) groups is 1. The van der Waals surface area contributed by atoms with Gasteiger partial charge in [0.2, 0.25) is 5.88 Å². The number of rotatable bonds is 4. The maximum atomic E-state index is 11.9. The summed E-state index contributed by atoms with van der Waals surface area (Å²) in [5.74, 6) is 0.349. The Morgan fingerprint density at radius 3 is 2.95 bits per heavy atom. The second-order valence-corrected chi connectivity index (χ2v) is 5.26. The smallest absolute Gasteiger partial charge is 0.262 e. The molecule has 1 aliphatic rings. The monoisotopic (exact) mass is 282 g/mol. The summed E-state index contributed by atoms with van der Waals surface area (Å²) in [7, 11) is 0. The van der Waals surface area contributed by atoms with Gasteiger partial charge in [-0.05, 0) is 43.4 Å². The number of hydrogen-bond donors (Lipinski definition) is 1. The fourth-order valence-corrected chi connectivity index (χ4v) is 2.52. The number of aromatic nitrogens is 1. The number of nitrogens with one attached hydrogen (secondary N) is 1. The molecule has 0 spiro atoms. The Bertz CT molecular complexity index is 668. The van der Waals surface area contributed by atoms with Crippen LogP contribution in [0.5, 0.6) is 5.88 Å². The lowest BCUT2D eigenvalue weighted by Crippen LogP contribution is -2.21. The molecule has 0 fully saturated rings. The number of hydrogen-bond acceptors (Lipinski definition) is 3. The molecular weight excluding hydrogens is 264 g/mol. The molecule has 0 radical (unpaired) electrons. The van der Waals surface area contributed by atoms with E-state index in [0.717, 1.165) is 36.2 Å². The van der Waals surface area contributed by atoms with E-state index in [1.165, 1.54) is 5.56 Å². The molecule has 1 N–H and O–H groups in total. The van der Waals surface area contributed by atoms with Gasteiger partial charge in [0.15, 0.2) is 6.61 Å². The first-order valence-corrected chi connectivity index (χ1v) is 7.19. The summed E-state index contributed by atoms with van der Waals surface area (Å²) in [6, 6.07) is 11.6. The van der Waals surface area contributed by atoms with Crippen molar-refractivity contribution >= 4 is 11.6 Å². The minimum atomic E-state index is -0.174. The topological polar surface area (TPSA) is 51.2 Å². The molecule has 0 saturated carbocycles. The highest BCUT2D eigenvalue weighted by atomic mass is 16.5. The van der Waals surface area contributed by atoms with Crippen molar-refractivity contribution in [2.45, 2.75) is 26.2 Å². The number of carbonyl (C=O) groups excluding carboxylic acids is 1. The van der Waals surface area contributed by atoms with Crippen molar-refractivity contribution in [3.63, 3.8) is 0 Å². The highest BCUT2D eigenvalue weighted by molar-refractivity contribution is 5.92. The second kappa shape index (κ2) is 5.95. The largest absolute Gasteiger partial charge is 0.468 e. The molecule has 1 heterocycles. The first-order chi connectivity index (χ1) is 10.2. The molecule has 1 aliphatic carbocycles. The van der Waals surface area contributed by atoms with Crippen molar-refractivity contribution in [2.24, 2.45) is 0 Å². The highest BCUT2D eigenvalue weighted by Gasteiger charge is 2.13. The van der Waals surface area contributed by atoms with Gasteiger partial charge in [0.25, 0.3) is 5.91 Å². The SMILES string of the molecule is Cc1ccccc1NC(=O)COc1ccc2c(n1)CCC2. The van der Waals surface area contributed by atoms with Crippen molar-refractivity contribution < 1.29 is 9.53 Å². The zero-order valence-electron chi connectivity index (χ0n) is 12.1. The number of fused-ring (bicyclic) bond motifs is 1. The molecular formula is C17H18N2O2. The van der Waals surface area contributed by atoms with Crippen molar-refractivity contribution in [3.8, 4) is 5.88 Å². The summed E-state index contributed by atoms with van der Waals surface area (Å²) in [6.45, 7) is 1.93. The fourth-order valence-electron chi connectivity index (χ4n) is 2.52. The Morgan fingerprint density at radius 1 is 1.24 bits per heavy atom. The fraction of sp³-hybridized carbons (Fsp3) is 0.294. The average molecular weight is 282 g/mol. The van der Waals surface area contributed by atoms with E-state index in [-0.39, 0.29) is 12.5 Å². The molecule has 4 nitrogen and oxygen atoms in total. The van der Waals surface area contributed by atoms with Gasteiger partial charge < -0.3 is 10.1 Å². The summed E-state index contributed by atoms with van der Waals surface area (Å²) in [4.78, 5) is 16.4. The van der Waals surface area contributed by atoms with E-state index in [4.69, 9.17) is 4.74 Å². The predicted molar refractivity (Wildman–Crippen MR) is 81.6 cm³/mol. The molecule has 3 rings (SSSR count). The van der Waals surface area contributed by atoms with Gasteiger partial charge in [-0.3, -0.25) is 4.79 Å². The van der Waals surface area contributed by atoms with Crippen LogP contribution >= 0.6 is 0 Å². The number of amides is 1. The minimum absolute atomic E-state index is 0.0277. The molecule has 108 valence electrons. The van der Waals surface area contributed by atoms with Crippen molar-refractivity contribution in [1.82, 2.24) is 4.98 Å². The van der Waals surface area contributed by atoms with Gasteiger partial charge in [-0.25, -0.2) is 4.98 Å². The molecule has 4 heteroatoms. The van der Waals surface area contributed by atoms with Crippen LogP contribution in [0.2, 0.25) is 0 Å². The van der Waals surface area contributed by atoms with Crippen LogP contribution < -0.4 is 10.1 Å². The van der Waals surface area contributed by atoms with E-state index < -0.39 is 0 Å². The first kappa shape index (κ1) is 13.6. The molecule has 1 amide bonds. The number of benzene rings is 1. The van der Waals surface area contributed by atoms with Crippen LogP contribution in [0.1, 0.15) is 23.2 Å². The molecule has 1 aromatic carbocycles. The zero-order chi connectivity index (χ0) is 14.7. The van der Waals surface area contributed by atoms with Gasteiger partial charge in [-0.2, -0.15) is 0 Å². The standard InChI is InChI=1S/C17H18N2O2/c1-12-5-2-3-7-14(12)18-16(20)11-21-17-10-9-13-6-4-8-15(13)19-17/h2-3,5,7,9-10H,4,6,8,11H2,1H3,(H,18,20). The van der Waals surface area contributed by atoms with Gasteiger partial charge >= 0.3 is 0 Å². The molecule has 21 heavy (non-hydrogen) atoms. The van der Waals surface area contributed by atoms with Gasteiger partial charge in [0.05, 0.1) is 0 Å². The Labute approximate surface area is 124 Å². The summed E-state index contributed by atoms with van der Waals surface area (Å²) in [5.41, 5.74) is 4.24. The maximum absolute atomic E-state index is 11.9. The van der Waals surface area contributed by atoms with Crippen molar-refractivity contribution in [1.29, 1.82) is 0 Å². The third-order valence-electron chi connectivity index (χ3n) is 3.67. The normalized spacial score (nSPS) is 12.8. The lowest BCUT2D eigenvalue weighted by atomic mass is 10.2. The predicted octanol–water partition coefficient (Wildman–Crippen LogP) is 2.90. The molecule has 1 aromatic heterocycles. The van der Waals surface area contributed by atoms with E-state index in [1.807, 2.05) is 43.3 Å². The van der Waals surface area contributed by atoms with E-state index in [2.05, 4.69) is 10.3 Å². The van der Waals surface area contributed by atoms with Gasteiger partial charge in [-0.15, -0.1) is 0 Å². The number of anilines is 1. The summed E-state index contributed by atoms with van der Waals surface area (Å²) in [5, 5.41) is 2.84. The van der Waals surface area contributed by atoms with Crippen LogP contribution in [0.3, 0.4) is 0 Å². The Kier molecular flexibility index (Phi) is 3.86. The van der Waals surface area contributed by atoms with Crippen LogP contribution in [0.25, 0.3) is 0 Å². The van der Waals surface area contributed by atoms with Gasteiger partial charge in [0, 0.05) is 17.4 Å². The molecule has 0 bridgehead atoms. The van der Waals surface area contributed by atoms with Crippen LogP contribution in [-0.2, 0) is 17.6 Å². The summed E-state index contributed by atoms with van der Waals surface area (Å²) < 4.78 is 5.48. The third kappa shape index (κ3) is 3.21. The molecule has 0 saturated heterocycles. The second-order valence-electron chi connectivity index (χ2n) is 5.26. The lowest BCUT2D eigenvalue weighted by molar-refractivity contribution is -0.118. The number of aryl methyl sites for hydroxylation is 3. The Morgan fingerprint density at radius 2 is 2.10 bits per heavy atom. The first-order valence-electron chi connectivity index (χ1n) is 7.19. The van der Waals surface area contributed by atoms with E-state index in [1.54, 1.807) is 0 Å². The van der Waals surface area contributed by atoms with Crippen LogP contribution in [-0.4, -0.2) is 17.5 Å². The highest BCUT2D eigenvalue weighted by Crippen LogP contribution is 2.22. The number of pyridine rings is 1. The Hall–Kier alpha value is -2.36. The summed E-state index contributed by atoms with van der Waals surface area (Å²) >= 11 is 0. The minimum Gasteiger partial charge on any atom is -0.468 e.